The molecule has 2 aliphatic rings. The Balaban J connectivity index is 1.47. The molecule has 0 saturated carbocycles. The molecule has 0 aromatic heterocycles. The minimum Gasteiger partial charge on any atom is -0.489 e. The fourth-order valence-corrected chi connectivity index (χ4v) is 5.02. The van der Waals surface area contributed by atoms with E-state index in [1.165, 1.54) is 21.9 Å². The lowest BCUT2D eigenvalue weighted by molar-refractivity contribution is 0.0730. The smallest absolute Gasteiger partial charge is 0.243 e. The molecule has 4 rings (SSSR count). The minimum absolute atomic E-state index is 0.314. The number of nitrogens with zero attached hydrogens (tertiary/aromatic N) is 1. The van der Waals surface area contributed by atoms with Crippen LogP contribution in [0.15, 0.2) is 47.4 Å². The van der Waals surface area contributed by atoms with Crippen LogP contribution in [0.3, 0.4) is 0 Å². The number of rotatable bonds is 5. The molecule has 26 heavy (non-hydrogen) atoms. The summed E-state index contributed by atoms with van der Waals surface area (Å²) in [5, 5.41) is 0. The van der Waals surface area contributed by atoms with Crippen molar-refractivity contribution in [2.24, 2.45) is 0 Å². The molecule has 2 aromatic rings. The van der Waals surface area contributed by atoms with E-state index in [1.54, 1.807) is 18.2 Å². The van der Waals surface area contributed by atoms with Crippen LogP contribution in [0.25, 0.3) is 0 Å². The number of fused-ring (bicyclic) bond motifs is 1. The third-order valence-electron chi connectivity index (χ3n) is 4.98. The molecule has 0 amide bonds. The summed E-state index contributed by atoms with van der Waals surface area (Å²) >= 11 is 0. The molecule has 0 radical (unpaired) electrons. The Morgan fingerprint density at radius 3 is 2.65 bits per heavy atom. The van der Waals surface area contributed by atoms with E-state index in [0.29, 0.717) is 37.8 Å². The number of benzene rings is 2. The van der Waals surface area contributed by atoms with E-state index in [-0.39, 0.29) is 0 Å². The Morgan fingerprint density at radius 1 is 1.00 bits per heavy atom. The molecule has 1 saturated heterocycles. The van der Waals surface area contributed by atoms with E-state index in [4.69, 9.17) is 9.47 Å². The molecule has 5 nitrogen and oxygen atoms in total. The summed E-state index contributed by atoms with van der Waals surface area (Å²) in [6, 6.07) is 13.3. The Bertz CT molecular complexity index is 888. The lowest BCUT2D eigenvalue weighted by Crippen LogP contribution is -2.40. The number of ether oxygens (including phenoxy) is 2. The molecule has 1 fully saturated rings. The van der Waals surface area contributed by atoms with Crippen molar-refractivity contribution in [3.63, 3.8) is 0 Å². The van der Waals surface area contributed by atoms with E-state index in [2.05, 4.69) is 12.1 Å². The molecule has 0 unspecified atom stereocenters. The summed E-state index contributed by atoms with van der Waals surface area (Å²) in [5.41, 5.74) is 3.63. The van der Waals surface area contributed by atoms with Crippen LogP contribution in [-0.4, -0.2) is 39.0 Å². The Hall–Kier alpha value is -1.89. The molecule has 0 bridgehead atoms. The highest BCUT2D eigenvalue weighted by atomic mass is 32.2. The lowest BCUT2D eigenvalue weighted by Gasteiger charge is -2.26. The van der Waals surface area contributed by atoms with Gasteiger partial charge in [0.15, 0.2) is 0 Å². The van der Waals surface area contributed by atoms with Gasteiger partial charge in [-0.25, -0.2) is 8.42 Å². The number of morpholine rings is 1. The number of sulfonamides is 1. The standard InChI is InChI=1S/C20H23NO4S/c22-26(23,21-9-11-24-12-10-21)20-6-1-3-16(13-20)15-25-19-8-7-17-4-2-5-18(17)14-19/h1,3,6-8,13-14H,2,4-5,9-12,15H2. The molecular formula is C20H23NO4S. The fourth-order valence-electron chi connectivity index (χ4n) is 3.54. The summed E-state index contributed by atoms with van der Waals surface area (Å²) < 4.78 is 38.2. The van der Waals surface area contributed by atoms with Crippen LogP contribution in [0, 0.1) is 0 Å². The van der Waals surface area contributed by atoms with Crippen molar-refractivity contribution in [1.29, 1.82) is 0 Å². The zero-order chi connectivity index (χ0) is 18.0. The molecular weight excluding hydrogens is 350 g/mol. The van der Waals surface area contributed by atoms with Gasteiger partial charge < -0.3 is 9.47 Å². The van der Waals surface area contributed by atoms with Gasteiger partial charge in [-0.2, -0.15) is 4.31 Å². The fraction of sp³-hybridized carbons (Fsp3) is 0.400. The van der Waals surface area contributed by atoms with Crippen molar-refractivity contribution in [1.82, 2.24) is 4.31 Å². The van der Waals surface area contributed by atoms with Crippen LogP contribution in [0.2, 0.25) is 0 Å². The van der Waals surface area contributed by atoms with Gasteiger partial charge in [-0.05, 0) is 60.2 Å². The quantitative estimate of drug-likeness (QED) is 0.809. The van der Waals surface area contributed by atoms with Crippen molar-refractivity contribution in [2.45, 2.75) is 30.8 Å². The third kappa shape index (κ3) is 3.63. The predicted octanol–water partition coefficient (Wildman–Crippen LogP) is 2.78. The Morgan fingerprint density at radius 2 is 1.81 bits per heavy atom. The van der Waals surface area contributed by atoms with E-state index in [9.17, 15) is 8.42 Å². The van der Waals surface area contributed by atoms with Gasteiger partial charge in [-0.15, -0.1) is 0 Å². The van der Waals surface area contributed by atoms with E-state index >= 15 is 0 Å². The normalized spacial score (nSPS) is 17.8. The number of aryl methyl sites for hydroxylation is 2. The predicted molar refractivity (Wildman–Crippen MR) is 98.8 cm³/mol. The second kappa shape index (κ2) is 7.39. The average molecular weight is 373 g/mol. The van der Waals surface area contributed by atoms with Gasteiger partial charge in [0.1, 0.15) is 12.4 Å². The molecule has 2 aromatic carbocycles. The largest absolute Gasteiger partial charge is 0.489 e. The highest BCUT2D eigenvalue weighted by Gasteiger charge is 2.26. The maximum Gasteiger partial charge on any atom is 0.243 e. The van der Waals surface area contributed by atoms with Crippen LogP contribution >= 0.6 is 0 Å². The van der Waals surface area contributed by atoms with Gasteiger partial charge in [0.05, 0.1) is 18.1 Å². The highest BCUT2D eigenvalue weighted by molar-refractivity contribution is 7.89. The van der Waals surface area contributed by atoms with Crippen LogP contribution in [0.4, 0.5) is 0 Å². The zero-order valence-corrected chi connectivity index (χ0v) is 15.5. The summed E-state index contributed by atoms with van der Waals surface area (Å²) in [7, 11) is -3.48. The third-order valence-corrected chi connectivity index (χ3v) is 6.88. The maximum absolute atomic E-state index is 12.8. The van der Waals surface area contributed by atoms with Gasteiger partial charge in [-0.3, -0.25) is 0 Å². The monoisotopic (exact) mass is 373 g/mol. The van der Waals surface area contributed by atoms with Crippen molar-refractivity contribution in [3.05, 3.63) is 59.2 Å². The lowest BCUT2D eigenvalue weighted by atomic mass is 10.1. The first kappa shape index (κ1) is 17.5. The van der Waals surface area contributed by atoms with Crippen molar-refractivity contribution in [3.8, 4) is 5.75 Å². The van der Waals surface area contributed by atoms with Crippen LogP contribution < -0.4 is 4.74 Å². The maximum atomic E-state index is 12.8. The van der Waals surface area contributed by atoms with Crippen molar-refractivity contribution < 1.29 is 17.9 Å². The number of hydrogen-bond acceptors (Lipinski definition) is 4. The molecule has 1 heterocycles. The van der Waals surface area contributed by atoms with Gasteiger partial charge in [0.25, 0.3) is 0 Å². The molecule has 6 heteroatoms. The zero-order valence-electron chi connectivity index (χ0n) is 14.7. The summed E-state index contributed by atoms with van der Waals surface area (Å²) in [5.74, 6) is 0.840. The molecule has 1 aliphatic heterocycles. The number of hydrogen-bond donors (Lipinski definition) is 0. The van der Waals surface area contributed by atoms with Gasteiger partial charge in [0, 0.05) is 13.1 Å². The molecule has 0 spiro atoms. The topological polar surface area (TPSA) is 55.8 Å². The van der Waals surface area contributed by atoms with Crippen molar-refractivity contribution in [2.75, 3.05) is 26.3 Å². The van der Waals surface area contributed by atoms with Crippen molar-refractivity contribution >= 4 is 10.0 Å². The van der Waals surface area contributed by atoms with Gasteiger partial charge in [0.2, 0.25) is 10.0 Å². The van der Waals surface area contributed by atoms with Gasteiger partial charge in [-0.1, -0.05) is 18.2 Å². The summed E-state index contributed by atoms with van der Waals surface area (Å²) in [6.07, 6.45) is 3.47. The minimum atomic E-state index is -3.48. The molecule has 138 valence electrons. The molecule has 0 atom stereocenters. The van der Waals surface area contributed by atoms with E-state index < -0.39 is 10.0 Å². The highest BCUT2D eigenvalue weighted by Crippen LogP contribution is 2.26. The van der Waals surface area contributed by atoms with Crippen LogP contribution in [-0.2, 0) is 34.2 Å². The van der Waals surface area contributed by atoms with Crippen LogP contribution in [0.5, 0.6) is 5.75 Å². The first-order valence-electron chi connectivity index (χ1n) is 9.04. The SMILES string of the molecule is O=S(=O)(c1cccc(COc2ccc3c(c2)CCC3)c1)N1CCOCC1. The Labute approximate surface area is 154 Å². The van der Waals surface area contributed by atoms with Crippen LogP contribution in [0.1, 0.15) is 23.1 Å². The Kier molecular flexibility index (Phi) is 4.98. The summed E-state index contributed by atoms with van der Waals surface area (Å²) in [4.78, 5) is 0.314. The first-order valence-corrected chi connectivity index (χ1v) is 10.5. The molecule has 1 aliphatic carbocycles. The van der Waals surface area contributed by atoms with Gasteiger partial charge >= 0.3 is 0 Å². The van der Waals surface area contributed by atoms with E-state index in [1.807, 2.05) is 12.1 Å². The molecule has 0 N–H and O–H groups in total. The van der Waals surface area contributed by atoms with E-state index in [0.717, 1.165) is 24.2 Å². The first-order chi connectivity index (χ1) is 12.6. The average Bonchev–Trinajstić information content (AvgIpc) is 3.15. The summed E-state index contributed by atoms with van der Waals surface area (Å²) in [6.45, 7) is 2.04. The second-order valence-electron chi connectivity index (χ2n) is 6.74. The second-order valence-corrected chi connectivity index (χ2v) is 8.67.